The number of hydrogen-bond acceptors (Lipinski definition) is 0. The third kappa shape index (κ3) is 4.56. The molecule has 0 atom stereocenters. The monoisotopic (exact) mass is 532 g/mol. The van der Waals surface area contributed by atoms with Crippen LogP contribution in [0.3, 0.4) is 0 Å². The summed E-state index contributed by atoms with van der Waals surface area (Å²) in [5.41, 5.74) is 0.474. The van der Waals surface area contributed by atoms with Crippen LogP contribution >= 0.6 is 0 Å². The Kier molecular flexibility index (Phi) is 7.17. The van der Waals surface area contributed by atoms with Crippen molar-refractivity contribution >= 4 is 36.9 Å². The molecule has 0 aromatic heterocycles. The first-order chi connectivity index (χ1) is 18.1. The molecule has 0 aliphatic carbocycles. The molecule has 0 amide bonds. The second kappa shape index (κ2) is 10.1. The first kappa shape index (κ1) is 26.9. The smallest absolute Gasteiger partial charge is 0.0626 e. The summed E-state index contributed by atoms with van der Waals surface area (Å²) in [7, 11) is -4.43. The molecule has 0 saturated carbocycles. The Morgan fingerprint density at radius 1 is 0.395 bits per heavy atom. The van der Waals surface area contributed by atoms with Gasteiger partial charge < -0.3 is 0 Å². The molecule has 0 N–H and O–H groups in total. The van der Waals surface area contributed by atoms with Gasteiger partial charge >= 0.3 is 0 Å². The molecule has 38 heavy (non-hydrogen) atoms. The SMILES string of the molecule is CC(C)(C)CC1[Si](c2ccccc2)(c2ccccc2)C(CC(C)(C)C)[Si]1(c1ccccc1)c1ccccc1. The van der Waals surface area contributed by atoms with E-state index in [9.17, 15) is 0 Å². The van der Waals surface area contributed by atoms with Crippen LogP contribution in [0.2, 0.25) is 10.3 Å². The van der Waals surface area contributed by atoms with Gasteiger partial charge in [-0.3, -0.25) is 0 Å². The van der Waals surface area contributed by atoms with Gasteiger partial charge in [-0.1, -0.05) is 184 Å². The fraction of sp³-hybridized carbons (Fsp3) is 0.333. The van der Waals surface area contributed by atoms with Gasteiger partial charge in [0, 0.05) is 0 Å². The third-order valence-electron chi connectivity index (χ3n) is 8.84. The van der Waals surface area contributed by atoms with Crippen molar-refractivity contribution in [1.82, 2.24) is 0 Å². The van der Waals surface area contributed by atoms with Crippen LogP contribution in [0.1, 0.15) is 54.4 Å². The zero-order valence-electron chi connectivity index (χ0n) is 24.1. The van der Waals surface area contributed by atoms with Crippen LogP contribution in [-0.4, -0.2) is 16.1 Å². The first-order valence-corrected chi connectivity index (χ1v) is 18.6. The van der Waals surface area contributed by atoms with Crippen LogP contribution in [0.25, 0.3) is 0 Å². The molecule has 1 aliphatic rings. The van der Waals surface area contributed by atoms with Crippen molar-refractivity contribution < 1.29 is 0 Å². The zero-order chi connectivity index (χ0) is 27.0. The molecule has 0 nitrogen and oxygen atoms in total. The van der Waals surface area contributed by atoms with Gasteiger partial charge in [0.25, 0.3) is 0 Å². The van der Waals surface area contributed by atoms with E-state index in [1.54, 1.807) is 20.7 Å². The molecule has 1 aliphatic heterocycles. The standard InChI is InChI=1S/C36H44Si2/c1-35(2,3)27-33-37(29-19-11-7-12-20-29,30-21-13-8-14-22-30)34(28-36(4,5)6)38(33,31-23-15-9-16-24-31)32-25-17-10-18-26-32/h7-26,33-34H,27-28H2,1-6H3. The molecule has 4 aromatic carbocycles. The van der Waals surface area contributed by atoms with E-state index in [2.05, 4.69) is 163 Å². The van der Waals surface area contributed by atoms with E-state index in [1.807, 2.05) is 0 Å². The second-order valence-corrected chi connectivity index (χ2v) is 23.6. The highest BCUT2D eigenvalue weighted by Gasteiger charge is 2.75. The molecule has 2 heteroatoms. The summed E-state index contributed by atoms with van der Waals surface area (Å²) in [6, 6.07) is 47.0. The van der Waals surface area contributed by atoms with Crippen LogP contribution in [0.15, 0.2) is 121 Å². The van der Waals surface area contributed by atoms with Crippen molar-refractivity contribution in [3.05, 3.63) is 121 Å². The lowest BCUT2D eigenvalue weighted by Crippen LogP contribution is -2.91. The van der Waals surface area contributed by atoms with E-state index < -0.39 is 16.1 Å². The van der Waals surface area contributed by atoms with Crippen LogP contribution in [0.5, 0.6) is 0 Å². The van der Waals surface area contributed by atoms with E-state index in [0.717, 1.165) is 0 Å². The summed E-state index contributed by atoms with van der Waals surface area (Å²) < 4.78 is 0. The van der Waals surface area contributed by atoms with Crippen LogP contribution in [0, 0.1) is 10.8 Å². The van der Waals surface area contributed by atoms with E-state index in [0.29, 0.717) is 10.3 Å². The molecule has 5 rings (SSSR count). The maximum Gasteiger partial charge on any atom is 0.120 e. The lowest BCUT2D eigenvalue weighted by molar-refractivity contribution is 0.359. The van der Waals surface area contributed by atoms with E-state index in [-0.39, 0.29) is 10.8 Å². The second-order valence-electron chi connectivity index (χ2n) is 13.8. The molecular weight excluding hydrogens is 489 g/mol. The summed E-state index contributed by atoms with van der Waals surface area (Å²) in [6.07, 6.45) is 2.50. The van der Waals surface area contributed by atoms with Gasteiger partial charge in [0.15, 0.2) is 0 Å². The van der Waals surface area contributed by atoms with Gasteiger partial charge in [-0.05, 0) is 34.0 Å². The maximum absolute atomic E-state index is 2.48. The Hall–Kier alpha value is -2.69. The average molecular weight is 533 g/mol. The predicted octanol–water partition coefficient (Wildman–Crippen LogP) is 7.22. The largest absolute Gasteiger partial charge is 0.120 e. The Bertz CT molecular complexity index is 1120. The van der Waals surface area contributed by atoms with E-state index in [1.165, 1.54) is 12.8 Å². The molecule has 196 valence electrons. The highest BCUT2D eigenvalue weighted by Crippen LogP contribution is 2.62. The Balaban J connectivity index is 1.93. The number of rotatable bonds is 6. The number of benzene rings is 4. The first-order valence-electron chi connectivity index (χ1n) is 14.3. The molecule has 1 fully saturated rings. The van der Waals surface area contributed by atoms with Crippen LogP contribution in [-0.2, 0) is 0 Å². The van der Waals surface area contributed by atoms with E-state index >= 15 is 0 Å². The molecule has 0 spiro atoms. The van der Waals surface area contributed by atoms with Gasteiger partial charge in [-0.25, -0.2) is 0 Å². The van der Waals surface area contributed by atoms with Crippen molar-refractivity contribution in [3.8, 4) is 0 Å². The maximum atomic E-state index is 2.48. The molecule has 0 unspecified atom stereocenters. The summed E-state index contributed by atoms with van der Waals surface area (Å²) in [5.74, 6) is 0. The van der Waals surface area contributed by atoms with Crippen molar-refractivity contribution in [3.63, 3.8) is 0 Å². The highest BCUT2D eigenvalue weighted by molar-refractivity contribution is 7.34. The van der Waals surface area contributed by atoms with Gasteiger partial charge in [-0.2, -0.15) is 0 Å². The number of hydrogen-bond donors (Lipinski definition) is 0. The van der Waals surface area contributed by atoms with Crippen molar-refractivity contribution in [2.45, 2.75) is 64.7 Å². The molecule has 1 saturated heterocycles. The highest BCUT2D eigenvalue weighted by atomic mass is 28.5. The molecule has 0 radical (unpaired) electrons. The average Bonchev–Trinajstić information content (AvgIpc) is 2.90. The van der Waals surface area contributed by atoms with E-state index in [4.69, 9.17) is 0 Å². The Labute approximate surface area is 233 Å². The van der Waals surface area contributed by atoms with Gasteiger partial charge in [-0.15, -0.1) is 0 Å². The van der Waals surface area contributed by atoms with Crippen molar-refractivity contribution in [1.29, 1.82) is 0 Å². The van der Waals surface area contributed by atoms with Crippen molar-refractivity contribution in [2.75, 3.05) is 0 Å². The van der Waals surface area contributed by atoms with Gasteiger partial charge in [0.2, 0.25) is 0 Å². The van der Waals surface area contributed by atoms with Gasteiger partial charge in [0.1, 0.15) is 16.1 Å². The summed E-state index contributed by atoms with van der Waals surface area (Å²) in [5, 5.41) is 7.85. The predicted molar refractivity (Wildman–Crippen MR) is 171 cm³/mol. The van der Waals surface area contributed by atoms with Crippen LogP contribution < -0.4 is 20.7 Å². The zero-order valence-corrected chi connectivity index (χ0v) is 26.1. The molecular formula is C36H44Si2. The normalized spacial score (nSPS) is 20.5. The van der Waals surface area contributed by atoms with Crippen molar-refractivity contribution in [2.24, 2.45) is 10.8 Å². The quantitative estimate of drug-likeness (QED) is 0.230. The summed E-state index contributed by atoms with van der Waals surface area (Å²) in [6.45, 7) is 14.8. The summed E-state index contributed by atoms with van der Waals surface area (Å²) in [4.78, 5) is 0. The summed E-state index contributed by atoms with van der Waals surface area (Å²) >= 11 is 0. The minimum absolute atomic E-state index is 0.237. The van der Waals surface area contributed by atoms with Gasteiger partial charge in [0.05, 0.1) is 0 Å². The lowest BCUT2D eigenvalue weighted by Gasteiger charge is -2.70. The topological polar surface area (TPSA) is 0 Å². The molecule has 0 bridgehead atoms. The minimum Gasteiger partial charge on any atom is -0.0626 e. The Morgan fingerprint density at radius 3 is 0.789 bits per heavy atom. The lowest BCUT2D eigenvalue weighted by atomic mass is 9.93. The molecule has 4 aromatic rings. The van der Waals surface area contributed by atoms with Crippen LogP contribution in [0.4, 0.5) is 0 Å². The minimum atomic E-state index is -2.21. The molecule has 1 heterocycles. The fourth-order valence-electron chi connectivity index (χ4n) is 7.77. The fourth-order valence-corrected chi connectivity index (χ4v) is 30.2. The Morgan fingerprint density at radius 2 is 0.605 bits per heavy atom. The third-order valence-corrected chi connectivity index (χ3v) is 24.7.